The number of carbonyl (C=O) groups is 1. The normalized spacial score (nSPS) is 10.8. The van der Waals surface area contributed by atoms with Crippen LogP contribution in [-0.2, 0) is 11.2 Å². The summed E-state index contributed by atoms with van der Waals surface area (Å²) in [5.41, 5.74) is 4.14. The van der Waals surface area contributed by atoms with Gasteiger partial charge in [-0.1, -0.05) is 25.3 Å². The Labute approximate surface area is 205 Å². The van der Waals surface area contributed by atoms with Crippen molar-refractivity contribution >= 4 is 28.2 Å². The van der Waals surface area contributed by atoms with Gasteiger partial charge in [0.2, 0.25) is 0 Å². The van der Waals surface area contributed by atoms with Gasteiger partial charge in [-0.3, -0.25) is 4.79 Å². The maximum atomic E-state index is 11.5. The zero-order valence-corrected chi connectivity index (χ0v) is 20.1. The van der Waals surface area contributed by atoms with Crippen molar-refractivity contribution in [2.45, 2.75) is 45.4 Å². The lowest BCUT2D eigenvalue weighted by molar-refractivity contribution is -0.118. The van der Waals surface area contributed by atoms with Gasteiger partial charge in [-0.15, -0.1) is 6.42 Å². The molecule has 0 fully saturated rings. The molecule has 178 valence electrons. The van der Waals surface area contributed by atoms with Gasteiger partial charge in [0.05, 0.1) is 24.5 Å². The number of anilines is 2. The van der Waals surface area contributed by atoms with Crippen molar-refractivity contribution in [2.75, 3.05) is 12.4 Å². The van der Waals surface area contributed by atoms with Gasteiger partial charge in [-0.2, -0.15) is 0 Å². The first-order chi connectivity index (χ1) is 17.1. The van der Waals surface area contributed by atoms with E-state index < -0.39 is 0 Å². The number of hydrogen-bond donors (Lipinski definition) is 2. The van der Waals surface area contributed by atoms with Crippen LogP contribution in [0.1, 0.15) is 50.4 Å². The van der Waals surface area contributed by atoms with Crippen molar-refractivity contribution in [3.05, 3.63) is 60.3 Å². The third-order valence-electron chi connectivity index (χ3n) is 5.93. The fourth-order valence-corrected chi connectivity index (χ4v) is 3.98. The number of rotatable bonds is 11. The van der Waals surface area contributed by atoms with Crippen LogP contribution < -0.4 is 10.1 Å². The van der Waals surface area contributed by atoms with Gasteiger partial charge in [0.1, 0.15) is 29.5 Å². The summed E-state index contributed by atoms with van der Waals surface area (Å²) >= 11 is 0. The number of hydrogen-bond acceptors (Lipinski definition) is 6. The highest BCUT2D eigenvalue weighted by Crippen LogP contribution is 2.35. The quantitative estimate of drug-likeness (QED) is 0.213. The molecule has 2 N–H and O–H groups in total. The van der Waals surface area contributed by atoms with Crippen molar-refractivity contribution in [2.24, 2.45) is 0 Å². The maximum absolute atomic E-state index is 11.5. The lowest BCUT2D eigenvalue weighted by Gasteiger charge is -2.12. The van der Waals surface area contributed by atoms with Crippen LogP contribution in [0, 0.1) is 12.3 Å². The number of nitrogens with one attached hydrogen (secondary N) is 2. The number of ketones is 1. The minimum absolute atomic E-state index is 0.329. The molecule has 0 unspecified atom stereocenters. The van der Waals surface area contributed by atoms with Gasteiger partial charge < -0.3 is 15.0 Å². The molecule has 0 bridgehead atoms. The highest BCUT2D eigenvalue weighted by Gasteiger charge is 2.14. The molecule has 4 aromatic rings. The summed E-state index contributed by atoms with van der Waals surface area (Å²) in [4.78, 5) is 28.3. The second-order valence-electron chi connectivity index (χ2n) is 8.34. The predicted octanol–water partition coefficient (Wildman–Crippen LogP) is 5.84. The van der Waals surface area contributed by atoms with Crippen LogP contribution in [0.25, 0.3) is 22.2 Å². The van der Waals surface area contributed by atoms with E-state index in [0.717, 1.165) is 64.9 Å². The number of H-pyrrole nitrogens is 1. The number of fused-ring (bicyclic) bond motifs is 1. The number of carbonyl (C=O) groups excluding carboxylic acids is 1. The second-order valence-corrected chi connectivity index (χ2v) is 8.34. The minimum atomic E-state index is 0.329. The molecule has 0 aliphatic rings. The zero-order valence-electron chi connectivity index (χ0n) is 20.1. The minimum Gasteiger partial charge on any atom is -0.496 e. The van der Waals surface area contributed by atoms with Crippen molar-refractivity contribution in [1.29, 1.82) is 0 Å². The molecule has 7 heteroatoms. The molecule has 0 atom stereocenters. The highest BCUT2D eigenvalue weighted by atomic mass is 16.5. The third kappa shape index (κ3) is 5.85. The standard InChI is InChI=1S/C28H29N5O2/c1-4-19-10-9-11-20(14-19)32-28-23-15-22(26(35-3)16-24(23)30-18-31-28)25-17-29-27(33-25)13-8-6-7-12-21(34)5-2/h1,9-11,14-18H,5-8,12-13H2,2-3H3,(H,29,33)(H,30,31,32). The summed E-state index contributed by atoms with van der Waals surface area (Å²) in [6, 6.07) is 11.5. The van der Waals surface area contributed by atoms with E-state index in [0.29, 0.717) is 30.2 Å². The number of aromatic nitrogens is 4. The summed E-state index contributed by atoms with van der Waals surface area (Å²) in [7, 11) is 1.64. The predicted molar refractivity (Wildman–Crippen MR) is 139 cm³/mol. The Morgan fingerprint density at radius 2 is 2.03 bits per heavy atom. The molecule has 0 saturated heterocycles. The molecule has 0 saturated carbocycles. The van der Waals surface area contributed by atoms with Crippen LogP contribution in [0.4, 0.5) is 11.5 Å². The Morgan fingerprint density at radius 1 is 1.14 bits per heavy atom. The molecule has 2 aromatic heterocycles. The number of aryl methyl sites for hydroxylation is 1. The van der Waals surface area contributed by atoms with Crippen molar-refractivity contribution < 1.29 is 9.53 Å². The number of Topliss-reactive ketones (excluding diaryl/α,β-unsaturated/α-hetero) is 1. The van der Waals surface area contributed by atoms with E-state index in [1.165, 1.54) is 6.33 Å². The average Bonchev–Trinajstić information content (AvgIpc) is 3.36. The summed E-state index contributed by atoms with van der Waals surface area (Å²) in [6.07, 6.45) is 13.9. The number of unbranched alkanes of at least 4 members (excludes halogenated alkanes) is 2. The summed E-state index contributed by atoms with van der Waals surface area (Å²) in [6.45, 7) is 1.91. The van der Waals surface area contributed by atoms with Crippen LogP contribution >= 0.6 is 0 Å². The smallest absolute Gasteiger partial charge is 0.141 e. The number of aromatic amines is 1. The summed E-state index contributed by atoms with van der Waals surface area (Å²) < 4.78 is 5.67. The SMILES string of the molecule is C#Cc1cccc(Nc2ncnc3cc(OC)c(-c4cnc(CCCCCC(=O)CC)[nH]4)cc23)c1. The van der Waals surface area contributed by atoms with Crippen molar-refractivity contribution in [3.63, 3.8) is 0 Å². The van der Waals surface area contributed by atoms with E-state index in [1.807, 2.05) is 49.5 Å². The van der Waals surface area contributed by atoms with E-state index >= 15 is 0 Å². The number of methoxy groups -OCH3 is 1. The van der Waals surface area contributed by atoms with E-state index in [2.05, 4.69) is 31.2 Å². The molecule has 0 aliphatic heterocycles. The largest absolute Gasteiger partial charge is 0.496 e. The molecule has 0 radical (unpaired) electrons. The number of nitrogens with zero attached hydrogens (tertiary/aromatic N) is 3. The first-order valence-corrected chi connectivity index (χ1v) is 11.8. The van der Waals surface area contributed by atoms with Crippen LogP contribution in [0.2, 0.25) is 0 Å². The van der Waals surface area contributed by atoms with E-state index in [1.54, 1.807) is 7.11 Å². The molecular formula is C28H29N5O2. The average molecular weight is 468 g/mol. The molecule has 2 heterocycles. The number of imidazole rings is 1. The van der Waals surface area contributed by atoms with Gasteiger partial charge in [0.25, 0.3) is 0 Å². The fourth-order valence-electron chi connectivity index (χ4n) is 3.98. The first kappa shape index (κ1) is 24.0. The van der Waals surface area contributed by atoms with E-state index in [4.69, 9.17) is 11.2 Å². The van der Waals surface area contributed by atoms with Crippen molar-refractivity contribution in [1.82, 2.24) is 19.9 Å². The Bertz CT molecular complexity index is 1370. The van der Waals surface area contributed by atoms with Gasteiger partial charge in [0, 0.05) is 47.5 Å². The number of ether oxygens (including phenoxy) is 1. The maximum Gasteiger partial charge on any atom is 0.141 e. The van der Waals surface area contributed by atoms with Crippen LogP contribution in [0.15, 0.2) is 48.9 Å². The van der Waals surface area contributed by atoms with Gasteiger partial charge in [-0.05, 0) is 37.1 Å². The Morgan fingerprint density at radius 3 is 2.83 bits per heavy atom. The molecule has 0 spiro atoms. The highest BCUT2D eigenvalue weighted by molar-refractivity contribution is 5.95. The van der Waals surface area contributed by atoms with Gasteiger partial charge in [0.15, 0.2) is 0 Å². The molecule has 2 aromatic carbocycles. The van der Waals surface area contributed by atoms with Crippen molar-refractivity contribution in [3.8, 4) is 29.4 Å². The number of benzene rings is 2. The molecule has 4 rings (SSSR count). The molecular weight excluding hydrogens is 438 g/mol. The fraction of sp³-hybridized carbons (Fsp3) is 0.286. The molecule has 7 nitrogen and oxygen atoms in total. The summed E-state index contributed by atoms with van der Waals surface area (Å²) in [5, 5.41) is 4.21. The molecule has 0 amide bonds. The lowest BCUT2D eigenvalue weighted by atomic mass is 10.1. The summed E-state index contributed by atoms with van der Waals surface area (Å²) in [5.74, 6) is 5.27. The zero-order chi connectivity index (χ0) is 24.6. The Balaban J connectivity index is 1.56. The van der Waals surface area contributed by atoms with Gasteiger partial charge in [-0.25, -0.2) is 15.0 Å². The topological polar surface area (TPSA) is 92.8 Å². The lowest BCUT2D eigenvalue weighted by Crippen LogP contribution is -1.98. The molecule has 35 heavy (non-hydrogen) atoms. The molecule has 0 aliphatic carbocycles. The monoisotopic (exact) mass is 467 g/mol. The van der Waals surface area contributed by atoms with E-state index in [9.17, 15) is 4.79 Å². The van der Waals surface area contributed by atoms with Gasteiger partial charge >= 0.3 is 0 Å². The first-order valence-electron chi connectivity index (χ1n) is 11.8. The third-order valence-corrected chi connectivity index (χ3v) is 5.93. The second kappa shape index (κ2) is 11.3. The van der Waals surface area contributed by atoms with Crippen LogP contribution in [0.3, 0.4) is 0 Å². The Hall–Kier alpha value is -4.18. The van der Waals surface area contributed by atoms with E-state index in [-0.39, 0.29) is 0 Å². The number of terminal acetylenes is 1. The van der Waals surface area contributed by atoms with Crippen LogP contribution in [-0.4, -0.2) is 32.8 Å². The Kier molecular flexibility index (Phi) is 7.74. The van der Waals surface area contributed by atoms with Crippen LogP contribution in [0.5, 0.6) is 5.75 Å².